The van der Waals surface area contributed by atoms with Crippen LogP contribution >= 0.6 is 23.4 Å². The summed E-state index contributed by atoms with van der Waals surface area (Å²) in [5, 5.41) is 5.29. The van der Waals surface area contributed by atoms with Crippen molar-refractivity contribution in [2.45, 2.75) is 56.4 Å². The Morgan fingerprint density at radius 2 is 2.19 bits per heavy atom. The first-order valence-electron chi connectivity index (χ1n) is 11.2. The molecule has 4 unspecified atom stereocenters. The number of allylic oxidation sites excluding steroid dienone is 4. The number of hydrogen-bond donors (Lipinski definition) is 1. The number of pyridine rings is 1. The second-order valence-corrected chi connectivity index (χ2v) is 11.1. The third kappa shape index (κ3) is 4.56. The standard InChI is InChI=1S/C24H29ClN4OS/c1-16-28-21(22(31-16)17-5-3-2-4-6-17)23(30)29-12-11-24(9-10-24)13-19(29)15-27-20-8-7-18(25)14-26-20/h2-5,7-8,14,17,19,21-22H,6,9-13,15H2,1H3,(H,26,27). The summed E-state index contributed by atoms with van der Waals surface area (Å²) < 4.78 is 0. The molecule has 4 aliphatic rings. The third-order valence-corrected chi connectivity index (χ3v) is 8.66. The molecule has 1 aromatic rings. The number of nitrogens with one attached hydrogen (secondary N) is 1. The molecule has 1 spiro atoms. The van der Waals surface area contributed by atoms with Crippen molar-refractivity contribution < 1.29 is 4.79 Å². The monoisotopic (exact) mass is 456 g/mol. The van der Waals surface area contributed by atoms with Gasteiger partial charge in [-0.15, -0.1) is 11.8 Å². The number of halogens is 1. The summed E-state index contributed by atoms with van der Waals surface area (Å²) in [6.07, 6.45) is 16.0. The van der Waals surface area contributed by atoms with E-state index in [9.17, 15) is 4.79 Å². The van der Waals surface area contributed by atoms with Crippen LogP contribution in [0.1, 0.15) is 39.0 Å². The van der Waals surface area contributed by atoms with E-state index >= 15 is 0 Å². The van der Waals surface area contributed by atoms with E-state index < -0.39 is 0 Å². The Labute approximate surface area is 193 Å². The van der Waals surface area contributed by atoms with Gasteiger partial charge in [0.15, 0.2) is 0 Å². The minimum absolute atomic E-state index is 0.171. The van der Waals surface area contributed by atoms with E-state index in [1.165, 1.54) is 12.8 Å². The van der Waals surface area contributed by atoms with Gasteiger partial charge in [0.05, 0.1) is 10.1 Å². The molecule has 2 aliphatic heterocycles. The van der Waals surface area contributed by atoms with E-state index in [2.05, 4.69) is 39.5 Å². The number of piperidine rings is 1. The summed E-state index contributed by atoms with van der Waals surface area (Å²) in [7, 11) is 0. The Hall–Kier alpha value is -1.79. The van der Waals surface area contributed by atoms with Gasteiger partial charge in [-0.25, -0.2) is 4.98 Å². The second kappa shape index (κ2) is 8.62. The number of likely N-dealkylation sites (tertiary alicyclic amines) is 1. The van der Waals surface area contributed by atoms with Crippen LogP contribution in [-0.4, -0.2) is 51.3 Å². The Bertz CT molecular complexity index is 924. The van der Waals surface area contributed by atoms with Gasteiger partial charge < -0.3 is 10.2 Å². The zero-order chi connectivity index (χ0) is 21.4. The van der Waals surface area contributed by atoms with Crippen LogP contribution in [0.3, 0.4) is 0 Å². The van der Waals surface area contributed by atoms with Crippen molar-refractivity contribution in [2.75, 3.05) is 18.4 Å². The van der Waals surface area contributed by atoms with Crippen LogP contribution in [0, 0.1) is 11.3 Å². The molecular formula is C24H29ClN4OS. The lowest BCUT2D eigenvalue weighted by Gasteiger charge is -2.41. The normalized spacial score (nSPS) is 31.0. The summed E-state index contributed by atoms with van der Waals surface area (Å²) in [5.74, 6) is 1.36. The van der Waals surface area contributed by atoms with E-state index in [1.54, 1.807) is 18.0 Å². The average Bonchev–Trinajstić information content (AvgIpc) is 3.42. The van der Waals surface area contributed by atoms with Gasteiger partial charge in [-0.3, -0.25) is 9.79 Å². The predicted molar refractivity (Wildman–Crippen MR) is 129 cm³/mol. The molecule has 0 bridgehead atoms. The number of rotatable bonds is 5. The fraction of sp³-hybridized carbons (Fsp3) is 0.542. The van der Waals surface area contributed by atoms with Crippen molar-refractivity contribution in [1.29, 1.82) is 0 Å². The van der Waals surface area contributed by atoms with Crippen LogP contribution in [0.2, 0.25) is 5.02 Å². The van der Waals surface area contributed by atoms with E-state index in [-0.39, 0.29) is 23.2 Å². The van der Waals surface area contributed by atoms with Crippen molar-refractivity contribution >= 4 is 40.1 Å². The van der Waals surface area contributed by atoms with Crippen LogP contribution < -0.4 is 5.32 Å². The number of aliphatic imine (C=N–C) groups is 1. The summed E-state index contributed by atoms with van der Waals surface area (Å²) in [6, 6.07) is 3.62. The molecule has 2 aliphatic carbocycles. The van der Waals surface area contributed by atoms with Gasteiger partial charge >= 0.3 is 0 Å². The first-order chi connectivity index (χ1) is 15.0. The highest BCUT2D eigenvalue weighted by molar-refractivity contribution is 8.14. The Kier molecular flexibility index (Phi) is 5.86. The first-order valence-corrected chi connectivity index (χ1v) is 12.5. The molecule has 0 aromatic carbocycles. The molecule has 31 heavy (non-hydrogen) atoms. The van der Waals surface area contributed by atoms with Crippen LogP contribution in [0.4, 0.5) is 5.82 Å². The third-order valence-electron chi connectivity index (χ3n) is 7.11. The highest BCUT2D eigenvalue weighted by Crippen LogP contribution is 2.55. The summed E-state index contributed by atoms with van der Waals surface area (Å²) >= 11 is 7.74. The number of carbonyl (C=O) groups is 1. The van der Waals surface area contributed by atoms with Crippen molar-refractivity contribution in [1.82, 2.24) is 9.88 Å². The van der Waals surface area contributed by atoms with Crippen molar-refractivity contribution in [3.63, 3.8) is 0 Å². The van der Waals surface area contributed by atoms with Gasteiger partial charge in [-0.2, -0.15) is 0 Å². The number of carbonyl (C=O) groups excluding carboxylic acids is 1. The van der Waals surface area contributed by atoms with Crippen LogP contribution in [0.5, 0.6) is 0 Å². The molecule has 3 heterocycles. The van der Waals surface area contributed by atoms with Gasteiger partial charge in [0.2, 0.25) is 5.91 Å². The zero-order valence-electron chi connectivity index (χ0n) is 17.8. The smallest absolute Gasteiger partial charge is 0.248 e. The lowest BCUT2D eigenvalue weighted by atomic mass is 9.86. The quantitative estimate of drug-likeness (QED) is 0.680. The Balaban J connectivity index is 1.32. The molecule has 5 rings (SSSR count). The molecule has 1 amide bonds. The number of nitrogens with zero attached hydrogens (tertiary/aromatic N) is 3. The maximum Gasteiger partial charge on any atom is 0.248 e. The Morgan fingerprint density at radius 3 is 2.90 bits per heavy atom. The van der Waals surface area contributed by atoms with Crippen molar-refractivity contribution in [2.24, 2.45) is 16.3 Å². The molecule has 4 atom stereocenters. The number of hydrogen-bond acceptors (Lipinski definition) is 5. The first kappa shape index (κ1) is 21.1. The molecule has 164 valence electrons. The Morgan fingerprint density at radius 1 is 1.32 bits per heavy atom. The lowest BCUT2D eigenvalue weighted by Crippen LogP contribution is -2.54. The van der Waals surface area contributed by atoms with Crippen LogP contribution in [0.15, 0.2) is 47.6 Å². The zero-order valence-corrected chi connectivity index (χ0v) is 19.4. The SMILES string of the molecule is CC1=NC(C(=O)N2CCC3(CC3)CC2CNc2ccc(Cl)cn2)C(C2C=CC=CC2)S1. The maximum atomic E-state index is 13.8. The number of anilines is 1. The number of thioether (sulfide) groups is 1. The molecule has 7 heteroatoms. The van der Waals surface area contributed by atoms with Gasteiger partial charge in [-0.05, 0) is 62.5 Å². The van der Waals surface area contributed by atoms with E-state index in [0.29, 0.717) is 22.9 Å². The van der Waals surface area contributed by atoms with Gasteiger partial charge in [-0.1, -0.05) is 35.9 Å². The van der Waals surface area contributed by atoms with Crippen LogP contribution in [0.25, 0.3) is 0 Å². The maximum absolute atomic E-state index is 13.8. The molecule has 2 fully saturated rings. The molecule has 1 saturated heterocycles. The number of aromatic nitrogens is 1. The topological polar surface area (TPSA) is 57.6 Å². The van der Waals surface area contributed by atoms with Gasteiger partial charge in [0, 0.05) is 30.6 Å². The number of amides is 1. The fourth-order valence-corrected chi connectivity index (χ4v) is 6.51. The minimum Gasteiger partial charge on any atom is -0.368 e. The molecule has 1 N–H and O–H groups in total. The summed E-state index contributed by atoms with van der Waals surface area (Å²) in [5.41, 5.74) is 0.455. The van der Waals surface area contributed by atoms with E-state index in [4.69, 9.17) is 16.6 Å². The highest BCUT2D eigenvalue weighted by Gasteiger charge is 2.50. The minimum atomic E-state index is -0.282. The second-order valence-electron chi connectivity index (χ2n) is 9.27. The molecule has 0 radical (unpaired) electrons. The van der Waals surface area contributed by atoms with E-state index in [0.717, 1.165) is 36.7 Å². The van der Waals surface area contributed by atoms with Gasteiger partial charge in [0.1, 0.15) is 11.9 Å². The molecule has 1 aromatic heterocycles. The van der Waals surface area contributed by atoms with Crippen molar-refractivity contribution in [3.8, 4) is 0 Å². The van der Waals surface area contributed by atoms with Gasteiger partial charge in [0.25, 0.3) is 0 Å². The molecule has 5 nitrogen and oxygen atoms in total. The average molecular weight is 457 g/mol. The summed E-state index contributed by atoms with van der Waals surface area (Å²) in [6.45, 7) is 3.58. The van der Waals surface area contributed by atoms with E-state index in [1.807, 2.05) is 19.1 Å². The largest absolute Gasteiger partial charge is 0.368 e. The highest BCUT2D eigenvalue weighted by atomic mass is 35.5. The summed E-state index contributed by atoms with van der Waals surface area (Å²) in [4.78, 5) is 25.1. The fourth-order valence-electron chi connectivity index (χ4n) is 5.15. The van der Waals surface area contributed by atoms with Crippen molar-refractivity contribution in [3.05, 3.63) is 47.7 Å². The lowest BCUT2D eigenvalue weighted by molar-refractivity contribution is -0.137. The molecule has 1 saturated carbocycles. The predicted octanol–water partition coefficient (Wildman–Crippen LogP) is 4.95. The van der Waals surface area contributed by atoms with Crippen LogP contribution in [-0.2, 0) is 4.79 Å². The molecular weight excluding hydrogens is 428 g/mol.